The van der Waals surface area contributed by atoms with Crippen molar-refractivity contribution in [3.05, 3.63) is 36.0 Å². The number of anilines is 1. The highest BCUT2D eigenvalue weighted by Gasteiger charge is 2.15. The Hall–Kier alpha value is -2.10. The number of nitrogens with one attached hydrogen (secondary N) is 1. The second-order valence-electron chi connectivity index (χ2n) is 5.73. The Bertz CT molecular complexity index is 639. The van der Waals surface area contributed by atoms with Crippen molar-refractivity contribution >= 4 is 22.5 Å². The van der Waals surface area contributed by atoms with Crippen LogP contribution in [-0.4, -0.2) is 16.9 Å². The van der Waals surface area contributed by atoms with Gasteiger partial charge in [0, 0.05) is 17.6 Å². The molecule has 0 fully saturated rings. The van der Waals surface area contributed by atoms with E-state index < -0.39 is 0 Å². The minimum atomic E-state index is -0.0884. The van der Waals surface area contributed by atoms with Gasteiger partial charge in [-0.3, -0.25) is 4.79 Å². The average Bonchev–Trinajstić information content (AvgIpc) is 2.47. The summed E-state index contributed by atoms with van der Waals surface area (Å²) in [7, 11) is 0. The molecule has 0 aliphatic carbocycles. The number of amides is 1. The van der Waals surface area contributed by atoms with Crippen molar-refractivity contribution in [1.29, 1.82) is 0 Å². The van der Waals surface area contributed by atoms with Gasteiger partial charge in [0.15, 0.2) is 0 Å². The third-order valence-electron chi connectivity index (χ3n) is 3.90. The lowest BCUT2D eigenvalue weighted by Gasteiger charge is -2.18. The number of nitrogens with zero attached hydrogens (tertiary/aromatic N) is 1. The molecule has 2 unspecified atom stereocenters. The molecule has 0 radical (unpaired) electrons. The number of fused-ring (bicyclic) bond motifs is 1. The number of nitrogen functional groups attached to an aromatic ring is 1. The first-order chi connectivity index (χ1) is 10.0. The molecule has 1 amide bonds. The van der Waals surface area contributed by atoms with Crippen LogP contribution < -0.4 is 11.1 Å². The topological polar surface area (TPSA) is 68.0 Å². The highest BCUT2D eigenvalue weighted by atomic mass is 16.1. The monoisotopic (exact) mass is 285 g/mol. The number of carbonyl (C=O) groups excluding carboxylic acids is 1. The lowest BCUT2D eigenvalue weighted by Crippen LogP contribution is -2.34. The fraction of sp³-hybridized carbons (Fsp3) is 0.412. The van der Waals surface area contributed by atoms with Crippen LogP contribution in [-0.2, 0) is 0 Å². The van der Waals surface area contributed by atoms with Gasteiger partial charge in [-0.15, -0.1) is 0 Å². The Balaban J connectivity index is 2.22. The van der Waals surface area contributed by atoms with Crippen molar-refractivity contribution in [2.75, 3.05) is 5.73 Å². The first-order valence-electron chi connectivity index (χ1n) is 7.47. The Labute approximate surface area is 125 Å². The molecule has 2 atom stereocenters. The van der Waals surface area contributed by atoms with Gasteiger partial charge >= 0.3 is 0 Å². The molecule has 0 saturated heterocycles. The lowest BCUT2D eigenvalue weighted by atomic mass is 10.00. The summed E-state index contributed by atoms with van der Waals surface area (Å²) >= 11 is 0. The van der Waals surface area contributed by atoms with Gasteiger partial charge in [0.2, 0.25) is 0 Å². The van der Waals surface area contributed by atoms with E-state index in [-0.39, 0.29) is 11.9 Å². The van der Waals surface area contributed by atoms with Crippen LogP contribution in [0.1, 0.15) is 44.0 Å². The summed E-state index contributed by atoms with van der Waals surface area (Å²) in [6.45, 7) is 6.40. The Morgan fingerprint density at radius 2 is 1.95 bits per heavy atom. The van der Waals surface area contributed by atoms with Gasteiger partial charge in [0.25, 0.3) is 5.91 Å². The number of hydrogen-bond acceptors (Lipinski definition) is 3. The molecular weight excluding hydrogens is 262 g/mol. The number of aromatic nitrogens is 1. The lowest BCUT2D eigenvalue weighted by molar-refractivity contribution is 0.0937. The van der Waals surface area contributed by atoms with Crippen LogP contribution in [0.15, 0.2) is 30.5 Å². The van der Waals surface area contributed by atoms with Crippen LogP contribution in [0.2, 0.25) is 0 Å². The smallest absolute Gasteiger partial charge is 0.253 e. The van der Waals surface area contributed by atoms with Crippen molar-refractivity contribution in [2.24, 2.45) is 5.92 Å². The molecule has 2 rings (SSSR count). The van der Waals surface area contributed by atoms with Crippen LogP contribution >= 0.6 is 0 Å². The van der Waals surface area contributed by atoms with E-state index in [1.165, 1.54) is 0 Å². The van der Waals surface area contributed by atoms with Crippen molar-refractivity contribution < 1.29 is 4.79 Å². The van der Waals surface area contributed by atoms with E-state index in [0.717, 1.165) is 23.6 Å². The maximum atomic E-state index is 12.5. The van der Waals surface area contributed by atoms with Gasteiger partial charge in [0.1, 0.15) is 5.82 Å². The Morgan fingerprint density at radius 3 is 2.62 bits per heavy atom. The number of rotatable bonds is 5. The van der Waals surface area contributed by atoms with E-state index in [1.54, 1.807) is 6.20 Å². The van der Waals surface area contributed by atoms with Crippen molar-refractivity contribution in [2.45, 2.75) is 39.7 Å². The van der Waals surface area contributed by atoms with Crippen LogP contribution in [0.3, 0.4) is 0 Å². The number of hydrogen-bond donors (Lipinski definition) is 2. The maximum absolute atomic E-state index is 12.5. The van der Waals surface area contributed by atoms with Crippen LogP contribution in [0.4, 0.5) is 5.82 Å². The van der Waals surface area contributed by atoms with Gasteiger partial charge in [-0.25, -0.2) is 4.98 Å². The van der Waals surface area contributed by atoms with Crippen LogP contribution in [0.25, 0.3) is 10.8 Å². The SMILES string of the molecule is CCC(C)CC(C)NC(=O)c1cnc(N)c2ccccc12. The number of nitrogens with two attached hydrogens (primary N) is 1. The van der Waals surface area contributed by atoms with Gasteiger partial charge in [-0.05, 0) is 24.6 Å². The summed E-state index contributed by atoms with van der Waals surface area (Å²) < 4.78 is 0. The van der Waals surface area contributed by atoms with Crippen LogP contribution in [0, 0.1) is 5.92 Å². The van der Waals surface area contributed by atoms with E-state index in [9.17, 15) is 4.79 Å². The minimum Gasteiger partial charge on any atom is -0.383 e. The molecule has 0 spiro atoms. The summed E-state index contributed by atoms with van der Waals surface area (Å²) in [5, 5.41) is 4.72. The molecule has 3 N–H and O–H groups in total. The third kappa shape index (κ3) is 3.51. The van der Waals surface area contributed by atoms with Crippen molar-refractivity contribution in [3.8, 4) is 0 Å². The summed E-state index contributed by atoms with van der Waals surface area (Å²) in [5.74, 6) is 0.964. The molecule has 2 aromatic rings. The highest BCUT2D eigenvalue weighted by molar-refractivity contribution is 6.09. The standard InChI is InChI=1S/C17H23N3O/c1-4-11(2)9-12(3)20-17(21)15-10-19-16(18)14-8-6-5-7-13(14)15/h5-8,10-12H,4,9H2,1-3H3,(H2,18,19)(H,20,21). The van der Waals surface area contributed by atoms with Gasteiger partial charge in [-0.1, -0.05) is 44.5 Å². The zero-order chi connectivity index (χ0) is 15.4. The van der Waals surface area contributed by atoms with E-state index >= 15 is 0 Å². The molecular formula is C17H23N3O. The Morgan fingerprint density at radius 1 is 1.29 bits per heavy atom. The van der Waals surface area contributed by atoms with E-state index in [1.807, 2.05) is 31.2 Å². The van der Waals surface area contributed by atoms with E-state index in [4.69, 9.17) is 5.73 Å². The molecule has 4 heteroatoms. The zero-order valence-electron chi connectivity index (χ0n) is 12.9. The predicted molar refractivity (Wildman–Crippen MR) is 87.2 cm³/mol. The maximum Gasteiger partial charge on any atom is 0.253 e. The summed E-state index contributed by atoms with van der Waals surface area (Å²) in [6, 6.07) is 7.73. The third-order valence-corrected chi connectivity index (χ3v) is 3.90. The normalized spacial score (nSPS) is 13.9. The fourth-order valence-electron chi connectivity index (χ4n) is 2.53. The molecule has 1 aromatic carbocycles. The molecule has 0 aliphatic heterocycles. The van der Waals surface area contributed by atoms with Gasteiger partial charge in [-0.2, -0.15) is 0 Å². The van der Waals surface area contributed by atoms with E-state index in [2.05, 4.69) is 24.1 Å². The molecule has 112 valence electrons. The van der Waals surface area contributed by atoms with Gasteiger partial charge in [0.05, 0.1) is 5.56 Å². The van der Waals surface area contributed by atoms with Gasteiger partial charge < -0.3 is 11.1 Å². The number of carbonyl (C=O) groups is 1. The highest BCUT2D eigenvalue weighted by Crippen LogP contribution is 2.22. The summed E-state index contributed by atoms with van der Waals surface area (Å²) in [6.07, 6.45) is 3.65. The quantitative estimate of drug-likeness (QED) is 0.885. The molecule has 1 aromatic heterocycles. The first kappa shape index (κ1) is 15.3. The number of pyridine rings is 1. The Kier molecular flexibility index (Phi) is 4.78. The predicted octanol–water partition coefficient (Wildman–Crippen LogP) is 3.37. The first-order valence-corrected chi connectivity index (χ1v) is 7.47. The zero-order valence-corrected chi connectivity index (χ0v) is 12.9. The molecule has 1 heterocycles. The van der Waals surface area contributed by atoms with Crippen LogP contribution in [0.5, 0.6) is 0 Å². The van der Waals surface area contributed by atoms with Crippen molar-refractivity contribution in [1.82, 2.24) is 10.3 Å². The summed E-state index contributed by atoms with van der Waals surface area (Å²) in [5.41, 5.74) is 6.45. The second-order valence-corrected chi connectivity index (χ2v) is 5.73. The minimum absolute atomic E-state index is 0.0884. The van der Waals surface area contributed by atoms with E-state index in [0.29, 0.717) is 17.3 Å². The molecule has 0 aliphatic rings. The molecule has 4 nitrogen and oxygen atoms in total. The number of benzene rings is 1. The summed E-state index contributed by atoms with van der Waals surface area (Å²) in [4.78, 5) is 16.6. The molecule has 0 bridgehead atoms. The van der Waals surface area contributed by atoms with Crippen molar-refractivity contribution in [3.63, 3.8) is 0 Å². The second kappa shape index (κ2) is 6.57. The molecule has 21 heavy (non-hydrogen) atoms. The largest absolute Gasteiger partial charge is 0.383 e. The average molecular weight is 285 g/mol. The fourth-order valence-corrected chi connectivity index (χ4v) is 2.53. The molecule has 0 saturated carbocycles.